The van der Waals surface area contributed by atoms with Crippen molar-refractivity contribution in [1.82, 2.24) is 14.9 Å². The average Bonchev–Trinajstić information content (AvgIpc) is 3.22. The Morgan fingerprint density at radius 3 is 2.62 bits per heavy atom. The van der Waals surface area contributed by atoms with E-state index in [0.717, 1.165) is 5.39 Å². The predicted octanol–water partition coefficient (Wildman–Crippen LogP) is 3.34. The normalized spacial score (nSPS) is 13.6. The maximum Gasteiger partial charge on any atom is 0.434 e. The SMILES string of the molecule is CC(c1c(F)ccc2ccccc12)C(NS(=O)(=O)c1ccc(Br)cc1C(N)=O)c1n[nH]c(=O)o1. The number of rotatable bonds is 7. The number of hydrogen-bond donors (Lipinski definition) is 3. The summed E-state index contributed by atoms with van der Waals surface area (Å²) in [5, 5.41) is 7.15. The lowest BCUT2D eigenvalue weighted by atomic mass is 9.89. The number of hydrogen-bond acceptors (Lipinski definition) is 6. The molecular formula is C22H18BrFN4O5S. The monoisotopic (exact) mass is 548 g/mol. The zero-order valence-corrected chi connectivity index (χ0v) is 20.0. The molecule has 4 rings (SSSR count). The largest absolute Gasteiger partial charge is 0.434 e. The molecule has 3 aromatic carbocycles. The van der Waals surface area contributed by atoms with Gasteiger partial charge in [-0.25, -0.2) is 22.7 Å². The highest BCUT2D eigenvalue weighted by molar-refractivity contribution is 9.10. The summed E-state index contributed by atoms with van der Waals surface area (Å²) in [4.78, 5) is 23.2. The summed E-state index contributed by atoms with van der Waals surface area (Å²) in [7, 11) is -4.42. The molecule has 0 saturated carbocycles. The number of carbonyl (C=O) groups is 1. The number of nitrogens with two attached hydrogens (primary N) is 1. The van der Waals surface area contributed by atoms with Crippen molar-refractivity contribution in [1.29, 1.82) is 0 Å². The van der Waals surface area contributed by atoms with Crippen LogP contribution in [0.2, 0.25) is 0 Å². The van der Waals surface area contributed by atoms with E-state index in [1.54, 1.807) is 37.3 Å². The van der Waals surface area contributed by atoms with Gasteiger partial charge in [-0.05, 0) is 35.0 Å². The summed E-state index contributed by atoms with van der Waals surface area (Å²) in [6, 6.07) is 12.5. The Hall–Kier alpha value is -3.35. The highest BCUT2D eigenvalue weighted by Gasteiger charge is 2.34. The van der Waals surface area contributed by atoms with Gasteiger partial charge in [0.15, 0.2) is 0 Å². The summed E-state index contributed by atoms with van der Waals surface area (Å²) >= 11 is 3.18. The number of H-pyrrole nitrogens is 1. The molecule has 0 saturated heterocycles. The number of amides is 1. The van der Waals surface area contributed by atoms with E-state index in [1.165, 1.54) is 24.3 Å². The fourth-order valence-corrected chi connectivity index (χ4v) is 5.62. The molecular weight excluding hydrogens is 531 g/mol. The Labute approximate surface area is 201 Å². The molecule has 0 aliphatic heterocycles. The number of benzene rings is 3. The highest BCUT2D eigenvalue weighted by Crippen LogP contribution is 2.37. The quantitative estimate of drug-likeness (QED) is 0.322. The molecule has 2 unspecified atom stereocenters. The van der Waals surface area contributed by atoms with E-state index in [4.69, 9.17) is 10.2 Å². The van der Waals surface area contributed by atoms with Crippen LogP contribution < -0.4 is 16.2 Å². The van der Waals surface area contributed by atoms with Crippen molar-refractivity contribution >= 4 is 42.6 Å². The van der Waals surface area contributed by atoms with Gasteiger partial charge in [0.25, 0.3) is 0 Å². The molecule has 1 heterocycles. The number of halogens is 2. The van der Waals surface area contributed by atoms with E-state index < -0.39 is 44.4 Å². The van der Waals surface area contributed by atoms with Crippen molar-refractivity contribution in [3.63, 3.8) is 0 Å². The number of fused-ring (bicyclic) bond motifs is 1. The summed E-state index contributed by atoms with van der Waals surface area (Å²) < 4.78 is 49.7. The van der Waals surface area contributed by atoms with Crippen LogP contribution in [-0.4, -0.2) is 24.5 Å². The van der Waals surface area contributed by atoms with Gasteiger partial charge in [-0.15, -0.1) is 5.10 Å². The molecule has 9 nitrogen and oxygen atoms in total. The molecule has 0 aliphatic carbocycles. The van der Waals surface area contributed by atoms with Gasteiger partial charge in [-0.2, -0.15) is 4.72 Å². The number of primary amides is 1. The molecule has 4 aromatic rings. The topological polar surface area (TPSA) is 148 Å². The van der Waals surface area contributed by atoms with E-state index in [2.05, 4.69) is 30.8 Å². The molecule has 34 heavy (non-hydrogen) atoms. The molecule has 0 bridgehead atoms. The van der Waals surface area contributed by atoms with E-state index in [-0.39, 0.29) is 17.0 Å². The third kappa shape index (κ3) is 4.52. The van der Waals surface area contributed by atoms with E-state index in [0.29, 0.717) is 9.86 Å². The van der Waals surface area contributed by atoms with Gasteiger partial charge >= 0.3 is 5.76 Å². The van der Waals surface area contributed by atoms with Crippen molar-refractivity contribution < 1.29 is 22.0 Å². The van der Waals surface area contributed by atoms with Crippen molar-refractivity contribution in [2.45, 2.75) is 23.8 Å². The third-order valence-electron chi connectivity index (χ3n) is 5.37. The Morgan fingerprint density at radius 1 is 1.21 bits per heavy atom. The summed E-state index contributed by atoms with van der Waals surface area (Å²) in [5.74, 6) is -3.63. The number of nitrogens with zero attached hydrogens (tertiary/aromatic N) is 1. The molecule has 1 aromatic heterocycles. The van der Waals surface area contributed by atoms with Gasteiger partial charge in [0.1, 0.15) is 11.9 Å². The number of sulfonamides is 1. The Morgan fingerprint density at radius 2 is 1.94 bits per heavy atom. The standard InChI is InChI=1S/C22H18BrFN4O5S/c1-11(18-14-5-3-2-4-12(14)6-8-16(18)24)19(21-26-27-22(30)33-21)28-34(31,32)17-9-7-13(23)10-15(17)20(25)29/h2-11,19,28H,1H3,(H2,25,29)(H,27,30). The Kier molecular flexibility index (Phi) is 6.39. The first-order valence-corrected chi connectivity index (χ1v) is 12.2. The summed E-state index contributed by atoms with van der Waals surface area (Å²) in [6.07, 6.45) is 0. The van der Waals surface area contributed by atoms with Crippen molar-refractivity contribution in [3.05, 3.63) is 92.5 Å². The minimum absolute atomic E-state index is 0.197. The molecule has 12 heteroatoms. The zero-order chi connectivity index (χ0) is 24.6. The van der Waals surface area contributed by atoms with Gasteiger partial charge in [0, 0.05) is 16.0 Å². The highest BCUT2D eigenvalue weighted by atomic mass is 79.9. The lowest BCUT2D eigenvalue weighted by Crippen LogP contribution is -2.34. The Bertz CT molecular complexity index is 1570. The average molecular weight is 549 g/mol. The molecule has 0 radical (unpaired) electrons. The molecule has 176 valence electrons. The van der Waals surface area contributed by atoms with Gasteiger partial charge in [0.2, 0.25) is 21.8 Å². The Balaban J connectivity index is 1.86. The molecule has 2 atom stereocenters. The van der Waals surface area contributed by atoms with Crippen LogP contribution in [0.4, 0.5) is 4.39 Å². The lowest BCUT2D eigenvalue weighted by molar-refractivity contribution is 0.0997. The molecule has 1 amide bonds. The summed E-state index contributed by atoms with van der Waals surface area (Å²) in [5.41, 5.74) is 5.32. The van der Waals surface area contributed by atoms with Crippen LogP contribution in [0.1, 0.15) is 40.7 Å². The fraction of sp³-hybridized carbons (Fsp3) is 0.136. The van der Waals surface area contributed by atoms with Crippen LogP contribution >= 0.6 is 15.9 Å². The van der Waals surface area contributed by atoms with Crippen molar-refractivity contribution in [3.8, 4) is 0 Å². The van der Waals surface area contributed by atoms with Gasteiger partial charge < -0.3 is 10.2 Å². The van der Waals surface area contributed by atoms with Crippen LogP contribution in [0.15, 0.2) is 73.2 Å². The third-order valence-corrected chi connectivity index (χ3v) is 7.36. The van der Waals surface area contributed by atoms with Crippen LogP contribution in [0.3, 0.4) is 0 Å². The zero-order valence-electron chi connectivity index (χ0n) is 17.6. The molecule has 0 aliphatic rings. The predicted molar refractivity (Wildman–Crippen MR) is 125 cm³/mol. The van der Waals surface area contributed by atoms with Crippen LogP contribution in [0.25, 0.3) is 10.8 Å². The van der Waals surface area contributed by atoms with Crippen LogP contribution in [-0.2, 0) is 10.0 Å². The number of aromatic amines is 1. The van der Waals surface area contributed by atoms with Gasteiger partial charge in [0.05, 0.1) is 10.5 Å². The molecule has 0 fully saturated rings. The van der Waals surface area contributed by atoms with Gasteiger partial charge in [-0.3, -0.25) is 4.79 Å². The minimum atomic E-state index is -4.42. The second-order valence-corrected chi connectivity index (χ2v) is 10.1. The number of aromatic nitrogens is 2. The number of carbonyl (C=O) groups excluding carboxylic acids is 1. The second-order valence-electron chi connectivity index (χ2n) is 7.53. The first-order valence-electron chi connectivity index (χ1n) is 9.92. The maximum absolute atomic E-state index is 15.1. The fourth-order valence-electron chi connectivity index (χ4n) is 3.80. The van der Waals surface area contributed by atoms with Gasteiger partial charge in [-0.1, -0.05) is 53.2 Å². The molecule has 4 N–H and O–H groups in total. The first kappa shape index (κ1) is 23.8. The van der Waals surface area contributed by atoms with Crippen molar-refractivity contribution in [2.24, 2.45) is 5.73 Å². The van der Waals surface area contributed by atoms with Crippen LogP contribution in [0, 0.1) is 5.82 Å². The maximum atomic E-state index is 15.1. The first-order chi connectivity index (χ1) is 16.1. The molecule has 0 spiro atoms. The number of nitrogens with one attached hydrogen (secondary N) is 2. The minimum Gasteiger partial charge on any atom is -0.391 e. The van der Waals surface area contributed by atoms with E-state index >= 15 is 4.39 Å². The lowest BCUT2D eigenvalue weighted by Gasteiger charge is -2.24. The van der Waals surface area contributed by atoms with Crippen LogP contribution in [0.5, 0.6) is 0 Å². The van der Waals surface area contributed by atoms with E-state index in [9.17, 15) is 18.0 Å². The van der Waals surface area contributed by atoms with Crippen molar-refractivity contribution in [2.75, 3.05) is 0 Å². The smallest absolute Gasteiger partial charge is 0.391 e. The second kappa shape index (κ2) is 9.12. The summed E-state index contributed by atoms with van der Waals surface area (Å²) in [6.45, 7) is 1.57. The van der Waals surface area contributed by atoms with E-state index in [1.807, 2.05) is 0 Å².